The molecule has 0 unspecified atom stereocenters. The van der Waals surface area contributed by atoms with Crippen molar-refractivity contribution in [3.63, 3.8) is 0 Å². The van der Waals surface area contributed by atoms with Gasteiger partial charge in [-0.1, -0.05) is 11.6 Å². The zero-order chi connectivity index (χ0) is 14.5. The van der Waals surface area contributed by atoms with Gasteiger partial charge >= 0.3 is 0 Å². The minimum absolute atomic E-state index is 0.373. The molecule has 1 heterocycles. The van der Waals surface area contributed by atoms with Crippen molar-refractivity contribution >= 4 is 27.5 Å². The van der Waals surface area contributed by atoms with E-state index >= 15 is 0 Å². The Hall–Kier alpha value is -1.30. The Bertz CT molecular complexity index is 608. The Morgan fingerprint density at radius 2 is 2.15 bits per heavy atom. The van der Waals surface area contributed by atoms with Crippen LogP contribution in [0.4, 0.5) is 0 Å². The number of nitrogens with zero attached hydrogens (tertiary/aromatic N) is 1. The summed E-state index contributed by atoms with van der Waals surface area (Å²) >= 11 is 9.59. The van der Waals surface area contributed by atoms with E-state index < -0.39 is 0 Å². The van der Waals surface area contributed by atoms with Gasteiger partial charge in [0, 0.05) is 12.7 Å². The summed E-state index contributed by atoms with van der Waals surface area (Å²) in [5.41, 5.74) is 0.999. The fourth-order valence-corrected chi connectivity index (χ4v) is 2.30. The third-order valence-electron chi connectivity index (χ3n) is 2.59. The highest BCUT2D eigenvalue weighted by atomic mass is 79.9. The summed E-state index contributed by atoms with van der Waals surface area (Å²) in [6.07, 6.45) is 1.73. The molecule has 0 aliphatic rings. The van der Waals surface area contributed by atoms with Gasteiger partial charge < -0.3 is 14.8 Å². The average Bonchev–Trinajstić information content (AvgIpc) is 2.44. The van der Waals surface area contributed by atoms with Crippen LogP contribution in [0.5, 0.6) is 17.4 Å². The molecule has 0 saturated carbocycles. The van der Waals surface area contributed by atoms with Crippen molar-refractivity contribution in [2.75, 3.05) is 14.2 Å². The number of aromatic nitrogens is 1. The second-order valence-electron chi connectivity index (χ2n) is 4.06. The fourth-order valence-electron chi connectivity index (χ4n) is 1.64. The molecule has 20 heavy (non-hydrogen) atoms. The predicted octanol–water partition coefficient (Wildman–Crippen LogP) is 4.02. The number of benzene rings is 1. The summed E-state index contributed by atoms with van der Waals surface area (Å²) in [5, 5.41) is 3.51. The monoisotopic (exact) mass is 356 g/mol. The van der Waals surface area contributed by atoms with Crippen molar-refractivity contribution in [3.05, 3.63) is 45.5 Å². The van der Waals surface area contributed by atoms with E-state index in [1.54, 1.807) is 19.4 Å². The Morgan fingerprint density at radius 1 is 1.35 bits per heavy atom. The number of halogens is 2. The van der Waals surface area contributed by atoms with E-state index in [9.17, 15) is 0 Å². The second-order valence-corrected chi connectivity index (χ2v) is 5.32. The minimum Gasteiger partial charge on any atom is -0.497 e. The van der Waals surface area contributed by atoms with E-state index in [2.05, 4.69) is 26.2 Å². The van der Waals surface area contributed by atoms with Crippen LogP contribution < -0.4 is 14.8 Å². The molecular weight excluding hydrogens is 344 g/mol. The van der Waals surface area contributed by atoms with Gasteiger partial charge in [0.15, 0.2) is 0 Å². The molecular formula is C14H14BrClN2O2. The predicted molar refractivity (Wildman–Crippen MR) is 82.8 cm³/mol. The molecule has 0 radical (unpaired) electrons. The highest BCUT2D eigenvalue weighted by molar-refractivity contribution is 9.10. The van der Waals surface area contributed by atoms with Crippen LogP contribution in [0.25, 0.3) is 0 Å². The molecule has 6 heteroatoms. The van der Waals surface area contributed by atoms with Crippen LogP contribution in [0.1, 0.15) is 5.56 Å². The molecule has 0 atom stereocenters. The minimum atomic E-state index is 0.373. The first-order chi connectivity index (χ1) is 9.63. The first kappa shape index (κ1) is 15.1. The van der Waals surface area contributed by atoms with Crippen molar-refractivity contribution in [1.29, 1.82) is 0 Å². The Kier molecular flexibility index (Phi) is 5.23. The molecule has 4 nitrogen and oxygen atoms in total. The van der Waals surface area contributed by atoms with Crippen molar-refractivity contribution in [3.8, 4) is 17.4 Å². The van der Waals surface area contributed by atoms with Gasteiger partial charge in [-0.15, -0.1) is 0 Å². The lowest BCUT2D eigenvalue weighted by atomic mass is 10.3. The summed E-state index contributed by atoms with van der Waals surface area (Å²) in [6, 6.07) is 7.25. The van der Waals surface area contributed by atoms with Crippen LogP contribution >= 0.6 is 27.5 Å². The van der Waals surface area contributed by atoms with E-state index in [0.717, 1.165) is 15.8 Å². The molecule has 2 rings (SSSR count). The summed E-state index contributed by atoms with van der Waals surface area (Å²) in [7, 11) is 3.48. The average molecular weight is 358 g/mol. The van der Waals surface area contributed by atoms with Crippen LogP contribution in [0.2, 0.25) is 5.02 Å². The van der Waals surface area contributed by atoms with Crippen molar-refractivity contribution in [1.82, 2.24) is 10.3 Å². The standard InChI is InChI=1S/C14H14BrClN2O2/c1-17-7-9-5-12(16)14(18-8-9)20-13-4-3-10(19-2)6-11(13)15/h3-6,8,17H,7H2,1-2H3. The van der Waals surface area contributed by atoms with E-state index in [0.29, 0.717) is 23.2 Å². The van der Waals surface area contributed by atoms with E-state index in [1.165, 1.54) is 0 Å². The molecule has 1 aromatic heterocycles. The van der Waals surface area contributed by atoms with Gasteiger partial charge in [0.1, 0.15) is 16.5 Å². The third kappa shape index (κ3) is 3.62. The maximum Gasteiger partial charge on any atom is 0.238 e. The number of hydrogen-bond acceptors (Lipinski definition) is 4. The lowest BCUT2D eigenvalue weighted by molar-refractivity contribution is 0.411. The lowest BCUT2D eigenvalue weighted by Gasteiger charge is -2.10. The smallest absolute Gasteiger partial charge is 0.238 e. The summed E-state index contributed by atoms with van der Waals surface area (Å²) in [4.78, 5) is 4.23. The van der Waals surface area contributed by atoms with E-state index in [1.807, 2.05) is 25.2 Å². The Morgan fingerprint density at radius 3 is 2.75 bits per heavy atom. The molecule has 1 N–H and O–H groups in total. The van der Waals surface area contributed by atoms with E-state index in [-0.39, 0.29) is 0 Å². The van der Waals surface area contributed by atoms with Gasteiger partial charge in [-0.2, -0.15) is 0 Å². The number of methoxy groups -OCH3 is 1. The highest BCUT2D eigenvalue weighted by Crippen LogP contribution is 2.34. The summed E-state index contributed by atoms with van der Waals surface area (Å²) in [5.74, 6) is 1.74. The molecule has 0 saturated heterocycles. The zero-order valence-corrected chi connectivity index (χ0v) is 13.5. The largest absolute Gasteiger partial charge is 0.497 e. The highest BCUT2D eigenvalue weighted by Gasteiger charge is 2.09. The summed E-state index contributed by atoms with van der Waals surface area (Å²) < 4.78 is 11.6. The quantitative estimate of drug-likeness (QED) is 0.878. The first-order valence-corrected chi connectivity index (χ1v) is 7.11. The van der Waals surface area contributed by atoms with Crippen LogP contribution in [0.3, 0.4) is 0 Å². The number of hydrogen-bond donors (Lipinski definition) is 1. The number of rotatable bonds is 5. The second kappa shape index (κ2) is 6.92. The molecule has 106 valence electrons. The van der Waals surface area contributed by atoms with Gasteiger partial charge in [-0.3, -0.25) is 0 Å². The maximum absolute atomic E-state index is 6.17. The third-order valence-corrected chi connectivity index (χ3v) is 3.48. The molecule has 1 aromatic carbocycles. The molecule has 0 aliphatic carbocycles. The van der Waals surface area contributed by atoms with Gasteiger partial charge in [-0.25, -0.2) is 4.98 Å². The Labute approximate surface area is 131 Å². The normalized spacial score (nSPS) is 10.4. The molecule has 0 bridgehead atoms. The maximum atomic E-state index is 6.17. The lowest BCUT2D eigenvalue weighted by Crippen LogP contribution is -2.05. The number of nitrogens with one attached hydrogen (secondary N) is 1. The van der Waals surface area contributed by atoms with Crippen molar-refractivity contribution < 1.29 is 9.47 Å². The molecule has 0 spiro atoms. The molecule has 0 aliphatic heterocycles. The topological polar surface area (TPSA) is 43.4 Å². The first-order valence-electron chi connectivity index (χ1n) is 5.94. The number of ether oxygens (including phenoxy) is 2. The molecule has 0 amide bonds. The van der Waals surface area contributed by atoms with Gasteiger partial charge in [-0.05, 0) is 52.8 Å². The van der Waals surface area contributed by atoms with Crippen molar-refractivity contribution in [2.24, 2.45) is 0 Å². The fraction of sp³-hybridized carbons (Fsp3) is 0.214. The van der Waals surface area contributed by atoms with Crippen LogP contribution in [-0.4, -0.2) is 19.1 Å². The Balaban J connectivity index is 2.21. The van der Waals surface area contributed by atoms with Crippen molar-refractivity contribution in [2.45, 2.75) is 6.54 Å². The van der Waals surface area contributed by atoms with Crippen LogP contribution in [-0.2, 0) is 6.54 Å². The van der Waals surface area contributed by atoms with Crippen LogP contribution in [0.15, 0.2) is 34.9 Å². The van der Waals surface area contributed by atoms with E-state index in [4.69, 9.17) is 21.1 Å². The molecule has 2 aromatic rings. The summed E-state index contributed by atoms with van der Waals surface area (Å²) in [6.45, 7) is 0.708. The van der Waals surface area contributed by atoms with Crippen LogP contribution in [0, 0.1) is 0 Å². The van der Waals surface area contributed by atoms with Gasteiger partial charge in [0.05, 0.1) is 11.6 Å². The SMILES string of the molecule is CNCc1cnc(Oc2ccc(OC)cc2Br)c(Cl)c1. The number of pyridine rings is 1. The van der Waals surface area contributed by atoms with Gasteiger partial charge in [0.2, 0.25) is 5.88 Å². The van der Waals surface area contributed by atoms with Gasteiger partial charge in [0.25, 0.3) is 0 Å². The zero-order valence-electron chi connectivity index (χ0n) is 11.1. The molecule has 0 fully saturated rings.